The molecular weight excluding hydrogens is 478 g/mol. The van der Waals surface area contributed by atoms with Gasteiger partial charge in [-0.05, 0) is 77.8 Å². The Kier molecular flexibility index (Phi) is 8.12. The number of nitrogens with zero attached hydrogens (tertiary/aromatic N) is 2. The molecule has 0 saturated carbocycles. The first-order valence-corrected chi connectivity index (χ1v) is 13.3. The molecule has 0 spiro atoms. The highest BCUT2D eigenvalue weighted by Crippen LogP contribution is 2.42. The number of rotatable bonds is 10. The summed E-state index contributed by atoms with van der Waals surface area (Å²) in [5.74, 6) is 1.51. The molecule has 1 amide bonds. The maximum atomic E-state index is 11.5. The molecule has 0 radical (unpaired) electrons. The summed E-state index contributed by atoms with van der Waals surface area (Å²) in [6.45, 7) is 8.50. The minimum atomic E-state index is -0.863. The molecule has 2 heterocycles. The van der Waals surface area contributed by atoms with Crippen molar-refractivity contribution >= 4 is 17.2 Å². The Morgan fingerprint density at radius 2 is 2.17 bits per heavy atom. The molecule has 1 unspecified atom stereocenters. The highest BCUT2D eigenvalue weighted by atomic mass is 32.1. The van der Waals surface area contributed by atoms with Crippen LogP contribution in [0.5, 0.6) is 5.75 Å². The molecule has 9 heteroatoms. The summed E-state index contributed by atoms with van der Waals surface area (Å²) in [6.07, 6.45) is 3.13. The van der Waals surface area contributed by atoms with Crippen molar-refractivity contribution in [2.24, 2.45) is 5.41 Å². The molecule has 4 rings (SSSR count). The normalized spacial score (nSPS) is 15.4. The molecule has 0 saturated heterocycles. The van der Waals surface area contributed by atoms with Gasteiger partial charge in [-0.15, -0.1) is 11.3 Å². The van der Waals surface area contributed by atoms with E-state index in [0.29, 0.717) is 22.9 Å². The summed E-state index contributed by atoms with van der Waals surface area (Å²) < 4.78 is 11.6. The predicted octanol–water partition coefficient (Wildman–Crippen LogP) is 4.09. The third-order valence-corrected chi connectivity index (χ3v) is 7.67. The quantitative estimate of drug-likeness (QED) is 0.374. The van der Waals surface area contributed by atoms with Crippen molar-refractivity contribution in [1.82, 2.24) is 15.5 Å². The number of amides is 1. The van der Waals surface area contributed by atoms with Crippen LogP contribution in [0, 0.1) is 12.3 Å². The van der Waals surface area contributed by atoms with E-state index in [1.54, 1.807) is 11.3 Å². The Hall–Kier alpha value is -2.75. The second-order valence-electron chi connectivity index (χ2n) is 10.2. The van der Waals surface area contributed by atoms with Crippen molar-refractivity contribution < 1.29 is 24.3 Å². The highest BCUT2D eigenvalue weighted by Gasteiger charge is 2.29. The van der Waals surface area contributed by atoms with Crippen molar-refractivity contribution in [3.05, 3.63) is 39.8 Å². The van der Waals surface area contributed by atoms with Gasteiger partial charge in [0.25, 0.3) is 5.89 Å². The number of benzene rings is 1. The van der Waals surface area contributed by atoms with Crippen LogP contribution in [0.4, 0.5) is 0 Å². The van der Waals surface area contributed by atoms with Gasteiger partial charge in [0.15, 0.2) is 0 Å². The highest BCUT2D eigenvalue weighted by molar-refractivity contribution is 7.13. The number of carbonyl (C=O) groups is 1. The Bertz CT molecular complexity index is 1220. The van der Waals surface area contributed by atoms with E-state index in [4.69, 9.17) is 19.4 Å². The van der Waals surface area contributed by atoms with Gasteiger partial charge in [0.2, 0.25) is 11.7 Å². The fourth-order valence-electron chi connectivity index (χ4n) is 4.63. The Labute approximate surface area is 215 Å². The molecule has 3 N–H and O–H groups in total. The molecule has 1 aromatic carbocycles. The van der Waals surface area contributed by atoms with Gasteiger partial charge in [0, 0.05) is 18.5 Å². The zero-order valence-corrected chi connectivity index (χ0v) is 22.2. The molecule has 194 valence electrons. The number of hydrogen-bond acceptors (Lipinski definition) is 8. The lowest BCUT2D eigenvalue weighted by Gasteiger charge is -2.29. The van der Waals surface area contributed by atoms with E-state index in [0.717, 1.165) is 47.3 Å². The summed E-state index contributed by atoms with van der Waals surface area (Å²) in [7, 11) is 0. The van der Waals surface area contributed by atoms with E-state index in [1.807, 2.05) is 26.0 Å². The van der Waals surface area contributed by atoms with Gasteiger partial charge in [0.05, 0.1) is 11.5 Å². The third kappa shape index (κ3) is 5.96. The molecule has 36 heavy (non-hydrogen) atoms. The van der Waals surface area contributed by atoms with Crippen LogP contribution in [0.15, 0.2) is 22.0 Å². The van der Waals surface area contributed by atoms with Crippen molar-refractivity contribution in [1.29, 1.82) is 0 Å². The maximum absolute atomic E-state index is 11.5. The molecule has 2 aromatic heterocycles. The zero-order valence-electron chi connectivity index (χ0n) is 21.4. The summed E-state index contributed by atoms with van der Waals surface area (Å²) in [4.78, 5) is 17.3. The number of aryl methyl sites for hydroxylation is 2. The fourth-order valence-corrected chi connectivity index (χ4v) is 5.67. The van der Waals surface area contributed by atoms with E-state index in [-0.39, 0.29) is 32.1 Å². The number of fused-ring (bicyclic) bond motifs is 1. The monoisotopic (exact) mass is 513 g/mol. The molecule has 8 nitrogen and oxygen atoms in total. The van der Waals surface area contributed by atoms with E-state index >= 15 is 0 Å². The molecule has 0 bridgehead atoms. The minimum Gasteiger partial charge on any atom is -0.490 e. The summed E-state index contributed by atoms with van der Waals surface area (Å²) >= 11 is 1.68. The van der Waals surface area contributed by atoms with Gasteiger partial charge in [0.1, 0.15) is 18.5 Å². The van der Waals surface area contributed by atoms with Crippen LogP contribution in [0.25, 0.3) is 22.2 Å². The van der Waals surface area contributed by atoms with Crippen LogP contribution in [0.2, 0.25) is 0 Å². The van der Waals surface area contributed by atoms with Crippen molar-refractivity contribution in [2.75, 3.05) is 19.8 Å². The smallest absolute Gasteiger partial charge is 0.268 e. The number of thiophene rings is 1. The van der Waals surface area contributed by atoms with E-state index < -0.39 is 6.10 Å². The molecular formula is C27H35N3O5S. The summed E-state index contributed by atoms with van der Waals surface area (Å²) in [5, 5.41) is 28.1. The second-order valence-corrected chi connectivity index (χ2v) is 11.1. The number of aliphatic hydroxyl groups is 2. The van der Waals surface area contributed by atoms with Crippen LogP contribution >= 0.6 is 11.3 Å². The van der Waals surface area contributed by atoms with Gasteiger partial charge in [-0.1, -0.05) is 25.9 Å². The molecule has 3 aromatic rings. The molecule has 1 aliphatic carbocycles. The van der Waals surface area contributed by atoms with Crippen LogP contribution in [-0.4, -0.2) is 52.1 Å². The largest absolute Gasteiger partial charge is 0.490 e. The fraction of sp³-hybridized carbons (Fsp3) is 0.519. The van der Waals surface area contributed by atoms with Crippen molar-refractivity contribution in [3.8, 4) is 27.9 Å². The van der Waals surface area contributed by atoms with E-state index in [2.05, 4.69) is 29.7 Å². The van der Waals surface area contributed by atoms with Crippen molar-refractivity contribution in [2.45, 2.75) is 65.9 Å². The first kappa shape index (κ1) is 26.3. The topological polar surface area (TPSA) is 118 Å². The van der Waals surface area contributed by atoms with E-state index in [9.17, 15) is 9.90 Å². The minimum absolute atomic E-state index is 0.0130. The lowest BCUT2D eigenvalue weighted by Crippen LogP contribution is -2.35. The van der Waals surface area contributed by atoms with Gasteiger partial charge in [-0.3, -0.25) is 4.79 Å². The molecule has 1 aliphatic rings. The van der Waals surface area contributed by atoms with Gasteiger partial charge in [-0.25, -0.2) is 0 Å². The molecule has 0 aliphatic heterocycles. The number of hydrogen-bond donors (Lipinski definition) is 3. The van der Waals surface area contributed by atoms with Gasteiger partial charge < -0.3 is 24.8 Å². The number of nitrogens with one attached hydrogen (secondary N) is 1. The SMILES string of the molecule is CCc1cc(-c2noc(-c3scc4c3CCC(C)(C)C4)n2)cc(C)c1OCC(O)CNC(=O)CCO. The van der Waals surface area contributed by atoms with Gasteiger partial charge >= 0.3 is 0 Å². The van der Waals surface area contributed by atoms with Crippen LogP contribution in [-0.2, 0) is 24.1 Å². The van der Waals surface area contributed by atoms with E-state index in [1.165, 1.54) is 11.1 Å². The molecule has 1 atom stereocenters. The number of aromatic nitrogens is 2. The first-order chi connectivity index (χ1) is 17.2. The van der Waals surface area contributed by atoms with Crippen molar-refractivity contribution in [3.63, 3.8) is 0 Å². The first-order valence-electron chi connectivity index (χ1n) is 12.5. The number of carbonyl (C=O) groups excluding carboxylic acids is 1. The third-order valence-electron chi connectivity index (χ3n) is 6.61. The Balaban J connectivity index is 1.48. The average molecular weight is 514 g/mol. The summed E-state index contributed by atoms with van der Waals surface area (Å²) in [6, 6.07) is 3.96. The zero-order chi connectivity index (χ0) is 25.9. The maximum Gasteiger partial charge on any atom is 0.268 e. The predicted molar refractivity (Wildman–Crippen MR) is 139 cm³/mol. The standard InChI is InChI=1S/C27H35N3O5S/c1-5-17-11-18(10-16(2)23(17)34-14-20(32)13-28-22(33)7-9-31)25-29-26(35-30-25)24-21-6-8-27(3,4)12-19(21)15-36-24/h10-11,15,20,31-32H,5-9,12-14H2,1-4H3,(H,28,33). The van der Waals surface area contributed by atoms with Crippen LogP contribution in [0.1, 0.15) is 55.9 Å². The number of aliphatic hydroxyl groups excluding tert-OH is 2. The second kappa shape index (κ2) is 11.1. The Morgan fingerprint density at radius 1 is 1.36 bits per heavy atom. The number of ether oxygens (including phenoxy) is 1. The average Bonchev–Trinajstić information content (AvgIpc) is 3.48. The van der Waals surface area contributed by atoms with Crippen LogP contribution in [0.3, 0.4) is 0 Å². The van der Waals surface area contributed by atoms with Crippen LogP contribution < -0.4 is 10.1 Å². The van der Waals surface area contributed by atoms with Gasteiger partial charge in [-0.2, -0.15) is 4.98 Å². The Morgan fingerprint density at radius 3 is 2.92 bits per heavy atom. The lowest BCUT2D eigenvalue weighted by atomic mass is 9.75. The lowest BCUT2D eigenvalue weighted by molar-refractivity contribution is -0.122. The summed E-state index contributed by atoms with van der Waals surface area (Å²) in [5.41, 5.74) is 5.80. The molecule has 0 fully saturated rings.